The van der Waals surface area contributed by atoms with E-state index in [0.29, 0.717) is 17.4 Å². The van der Waals surface area contributed by atoms with Crippen LogP contribution in [0.25, 0.3) is 0 Å². The van der Waals surface area contributed by atoms with E-state index < -0.39 is 0 Å². The quantitative estimate of drug-likeness (QED) is 0.818. The van der Waals surface area contributed by atoms with Gasteiger partial charge in [0.05, 0.1) is 0 Å². The first-order chi connectivity index (χ1) is 8.15. The zero-order valence-corrected chi connectivity index (χ0v) is 10.9. The van der Waals surface area contributed by atoms with Crippen LogP contribution in [0.2, 0.25) is 0 Å². The van der Waals surface area contributed by atoms with E-state index in [9.17, 15) is 0 Å². The van der Waals surface area contributed by atoms with Gasteiger partial charge in [-0.2, -0.15) is 0 Å². The number of benzene rings is 1. The molecule has 1 aromatic carbocycles. The molecule has 17 heavy (non-hydrogen) atoms. The van der Waals surface area contributed by atoms with Gasteiger partial charge in [-0.3, -0.25) is 0 Å². The van der Waals surface area contributed by atoms with Crippen LogP contribution < -0.4 is 11.1 Å². The minimum atomic E-state index is 0.338. The first kappa shape index (κ1) is 12.6. The molecule has 0 spiro atoms. The molecule has 1 aliphatic rings. The maximum atomic E-state index is 5.96. The van der Waals surface area contributed by atoms with E-state index >= 15 is 0 Å². The second-order valence-electron chi connectivity index (χ2n) is 5.76. The molecule has 0 unspecified atom stereocenters. The zero-order chi connectivity index (χ0) is 12.3. The molecule has 1 saturated carbocycles. The number of hydrogen-bond acceptors (Lipinski definition) is 2. The molecular weight excluding hydrogens is 208 g/mol. The van der Waals surface area contributed by atoms with Gasteiger partial charge < -0.3 is 11.1 Å². The summed E-state index contributed by atoms with van der Waals surface area (Å²) in [5, 5.41) is 3.53. The summed E-state index contributed by atoms with van der Waals surface area (Å²) in [5.74, 6) is 0.716. The van der Waals surface area contributed by atoms with Crippen molar-refractivity contribution in [2.75, 3.05) is 13.1 Å². The van der Waals surface area contributed by atoms with Crippen molar-refractivity contribution in [3.63, 3.8) is 0 Å². The van der Waals surface area contributed by atoms with Crippen molar-refractivity contribution in [3.05, 3.63) is 35.9 Å². The molecule has 0 aromatic heterocycles. The summed E-state index contributed by atoms with van der Waals surface area (Å²) in [7, 11) is 0. The fourth-order valence-corrected chi connectivity index (χ4v) is 2.75. The van der Waals surface area contributed by atoms with Gasteiger partial charge in [0.1, 0.15) is 0 Å². The van der Waals surface area contributed by atoms with Gasteiger partial charge in [-0.15, -0.1) is 0 Å². The van der Waals surface area contributed by atoms with Crippen LogP contribution in [0.1, 0.15) is 38.2 Å². The molecule has 0 radical (unpaired) electrons. The van der Waals surface area contributed by atoms with Crippen molar-refractivity contribution >= 4 is 0 Å². The second kappa shape index (κ2) is 5.19. The summed E-state index contributed by atoms with van der Waals surface area (Å²) < 4.78 is 0. The van der Waals surface area contributed by atoms with Crippen LogP contribution in [0.3, 0.4) is 0 Å². The molecule has 0 aliphatic heterocycles. The smallest absolute Gasteiger partial charge is 0.00227 e. The Kier molecular flexibility index (Phi) is 3.85. The van der Waals surface area contributed by atoms with Crippen LogP contribution in [-0.2, 0) is 0 Å². The molecule has 2 rings (SSSR count). The highest BCUT2D eigenvalue weighted by Gasteiger charge is 2.43. The Labute approximate surface area is 105 Å². The average Bonchev–Trinajstić information content (AvgIpc) is 2.29. The predicted molar refractivity (Wildman–Crippen MR) is 73.0 cm³/mol. The molecule has 0 amide bonds. The lowest BCUT2D eigenvalue weighted by atomic mass is 9.60. The molecule has 3 N–H and O–H groups in total. The molecule has 2 nitrogen and oxygen atoms in total. The van der Waals surface area contributed by atoms with Crippen LogP contribution in [0.4, 0.5) is 0 Å². The normalized spacial score (nSPS) is 28.1. The lowest BCUT2D eigenvalue weighted by Gasteiger charge is -2.48. The Balaban J connectivity index is 1.90. The summed E-state index contributed by atoms with van der Waals surface area (Å²) in [4.78, 5) is 0. The van der Waals surface area contributed by atoms with Gasteiger partial charge in [-0.05, 0) is 36.3 Å². The molecule has 2 heteroatoms. The van der Waals surface area contributed by atoms with Gasteiger partial charge in [0, 0.05) is 12.6 Å². The minimum Gasteiger partial charge on any atom is -0.330 e. The molecule has 0 atom stereocenters. The predicted octanol–water partition coefficient (Wildman–Crippen LogP) is 2.51. The molecule has 0 saturated heterocycles. The van der Waals surface area contributed by atoms with Crippen molar-refractivity contribution in [2.24, 2.45) is 11.1 Å². The Morgan fingerprint density at radius 3 is 2.47 bits per heavy atom. The molecule has 1 aliphatic carbocycles. The Morgan fingerprint density at radius 1 is 1.29 bits per heavy atom. The van der Waals surface area contributed by atoms with Crippen molar-refractivity contribution in [3.8, 4) is 0 Å². The van der Waals surface area contributed by atoms with Gasteiger partial charge in [0.15, 0.2) is 0 Å². The second-order valence-corrected chi connectivity index (χ2v) is 5.76. The van der Waals surface area contributed by atoms with Crippen LogP contribution in [0.15, 0.2) is 30.3 Å². The number of rotatable bonds is 5. The summed E-state index contributed by atoms with van der Waals surface area (Å²) in [6.07, 6.45) is 2.46. The zero-order valence-electron chi connectivity index (χ0n) is 10.9. The third-order valence-electron chi connectivity index (χ3n) is 3.95. The van der Waals surface area contributed by atoms with E-state index in [-0.39, 0.29) is 0 Å². The van der Waals surface area contributed by atoms with Gasteiger partial charge >= 0.3 is 0 Å². The third kappa shape index (κ3) is 2.88. The van der Waals surface area contributed by atoms with Gasteiger partial charge in [-0.25, -0.2) is 0 Å². The summed E-state index contributed by atoms with van der Waals surface area (Å²) in [6, 6.07) is 11.4. The molecule has 1 fully saturated rings. The maximum absolute atomic E-state index is 5.96. The Morgan fingerprint density at radius 2 is 1.94 bits per heavy atom. The highest BCUT2D eigenvalue weighted by molar-refractivity contribution is 5.24. The first-order valence-electron chi connectivity index (χ1n) is 6.64. The van der Waals surface area contributed by atoms with Gasteiger partial charge in [0.2, 0.25) is 0 Å². The van der Waals surface area contributed by atoms with Crippen molar-refractivity contribution < 1.29 is 0 Å². The summed E-state index contributed by atoms with van der Waals surface area (Å²) in [6.45, 7) is 6.25. The lowest BCUT2D eigenvalue weighted by Crippen LogP contribution is -2.50. The van der Waals surface area contributed by atoms with Crippen LogP contribution in [0.5, 0.6) is 0 Å². The fourth-order valence-electron chi connectivity index (χ4n) is 2.75. The maximum Gasteiger partial charge on any atom is 0.00227 e. The summed E-state index contributed by atoms with van der Waals surface area (Å²) >= 11 is 0. The Bertz CT molecular complexity index is 339. The first-order valence-corrected chi connectivity index (χ1v) is 6.64. The molecule has 94 valence electrons. The monoisotopic (exact) mass is 232 g/mol. The molecule has 1 aromatic rings. The summed E-state index contributed by atoms with van der Waals surface area (Å²) in [5.41, 5.74) is 7.77. The highest BCUT2D eigenvalue weighted by Crippen LogP contribution is 2.50. The van der Waals surface area contributed by atoms with E-state index in [2.05, 4.69) is 49.5 Å². The van der Waals surface area contributed by atoms with Crippen LogP contribution in [0, 0.1) is 5.41 Å². The third-order valence-corrected chi connectivity index (χ3v) is 3.95. The largest absolute Gasteiger partial charge is 0.330 e. The highest BCUT2D eigenvalue weighted by atomic mass is 14.9. The van der Waals surface area contributed by atoms with E-state index in [4.69, 9.17) is 5.73 Å². The van der Waals surface area contributed by atoms with Crippen LogP contribution >= 0.6 is 0 Å². The lowest BCUT2D eigenvalue weighted by molar-refractivity contribution is 0.106. The van der Waals surface area contributed by atoms with E-state index in [1.807, 2.05) is 0 Å². The van der Waals surface area contributed by atoms with Crippen molar-refractivity contribution in [1.82, 2.24) is 5.32 Å². The Hall–Kier alpha value is -0.860. The van der Waals surface area contributed by atoms with Crippen molar-refractivity contribution in [1.29, 1.82) is 0 Å². The number of hydrogen-bond donors (Lipinski definition) is 2. The van der Waals surface area contributed by atoms with E-state index in [0.717, 1.165) is 13.1 Å². The van der Waals surface area contributed by atoms with Gasteiger partial charge in [-0.1, -0.05) is 44.2 Å². The molecule has 0 heterocycles. The minimum absolute atomic E-state index is 0.338. The topological polar surface area (TPSA) is 38.0 Å². The standard InChI is InChI=1S/C15H24N2/c1-12(2)17-11-15(10-16)8-14(9-15)13-6-4-3-5-7-13/h3-7,12,14,17H,8-11,16H2,1-2H3. The van der Waals surface area contributed by atoms with Crippen LogP contribution in [-0.4, -0.2) is 19.1 Å². The fraction of sp³-hybridized carbons (Fsp3) is 0.600. The molecular formula is C15H24N2. The molecule has 0 bridgehead atoms. The number of nitrogens with two attached hydrogens (primary N) is 1. The van der Waals surface area contributed by atoms with E-state index in [1.54, 1.807) is 0 Å². The SMILES string of the molecule is CC(C)NCC1(CN)CC(c2ccccc2)C1. The van der Waals surface area contributed by atoms with E-state index in [1.165, 1.54) is 18.4 Å². The number of nitrogens with one attached hydrogen (secondary N) is 1. The average molecular weight is 232 g/mol. The van der Waals surface area contributed by atoms with Crippen molar-refractivity contribution in [2.45, 2.75) is 38.6 Å². The van der Waals surface area contributed by atoms with Gasteiger partial charge in [0.25, 0.3) is 0 Å².